The van der Waals surface area contributed by atoms with E-state index in [-0.39, 0.29) is 0 Å². The molecule has 0 bridgehead atoms. The zero-order valence-electron chi connectivity index (χ0n) is 36.2. The number of nitrogens with zero attached hydrogens (tertiary/aromatic N) is 1. The van der Waals surface area contributed by atoms with Crippen LogP contribution < -0.4 is 4.90 Å². The van der Waals surface area contributed by atoms with E-state index in [0.29, 0.717) is 0 Å². The van der Waals surface area contributed by atoms with Gasteiger partial charge in [0.05, 0.1) is 0 Å². The van der Waals surface area contributed by atoms with Crippen LogP contribution in [-0.2, 0) is 0 Å². The van der Waals surface area contributed by atoms with Crippen molar-refractivity contribution in [2.24, 2.45) is 0 Å². The lowest BCUT2D eigenvalue weighted by atomic mass is 9.93. The molecular formula is C64H43NO. The molecule has 0 saturated heterocycles. The summed E-state index contributed by atoms with van der Waals surface area (Å²) in [6.45, 7) is 0. The third-order valence-electron chi connectivity index (χ3n) is 12.9. The molecular weight excluding hydrogens is 799 g/mol. The number of furan rings is 1. The highest BCUT2D eigenvalue weighted by atomic mass is 16.3. The summed E-state index contributed by atoms with van der Waals surface area (Å²) in [6, 6.07) is 93.6. The molecule has 1 heterocycles. The smallest absolute Gasteiger partial charge is 0.143 e. The summed E-state index contributed by atoms with van der Waals surface area (Å²) < 4.78 is 6.74. The van der Waals surface area contributed by atoms with Crippen LogP contribution in [0.5, 0.6) is 0 Å². The number of anilines is 3. The van der Waals surface area contributed by atoms with Gasteiger partial charge in [0.25, 0.3) is 0 Å². The SMILES string of the molecule is c1ccc(-c2ccc(N(c3ccc(-c4ccc(-c5cccc6c5oc5c(-c7ccccc7)cccc56)cc4)cc3)c3ccc(-c4cc(-c5ccccc5)cc5ccccc45)cc3)cc2)cc1. The zero-order chi connectivity index (χ0) is 43.8. The molecule has 0 fully saturated rings. The second-order valence-electron chi connectivity index (χ2n) is 16.9. The largest absolute Gasteiger partial charge is 0.455 e. The second-order valence-corrected chi connectivity index (χ2v) is 16.9. The average molecular weight is 842 g/mol. The van der Waals surface area contributed by atoms with E-state index in [0.717, 1.165) is 72.4 Å². The highest BCUT2D eigenvalue weighted by molar-refractivity contribution is 6.13. The van der Waals surface area contributed by atoms with Gasteiger partial charge in [-0.1, -0.05) is 212 Å². The molecule has 310 valence electrons. The van der Waals surface area contributed by atoms with Crippen LogP contribution in [0.3, 0.4) is 0 Å². The molecule has 12 rings (SSSR count). The summed E-state index contributed by atoms with van der Waals surface area (Å²) in [5.41, 5.74) is 19.1. The number of rotatable bonds is 9. The average Bonchev–Trinajstić information content (AvgIpc) is 3.79. The maximum absolute atomic E-state index is 6.74. The monoisotopic (exact) mass is 841 g/mol. The van der Waals surface area contributed by atoms with E-state index in [1.165, 1.54) is 44.2 Å². The van der Waals surface area contributed by atoms with Gasteiger partial charge in [-0.3, -0.25) is 0 Å². The van der Waals surface area contributed by atoms with Crippen molar-refractivity contribution in [3.8, 4) is 66.8 Å². The van der Waals surface area contributed by atoms with E-state index < -0.39 is 0 Å². The summed E-state index contributed by atoms with van der Waals surface area (Å²) >= 11 is 0. The lowest BCUT2D eigenvalue weighted by molar-refractivity contribution is 0.671. The molecule has 0 aliphatic carbocycles. The van der Waals surface area contributed by atoms with Crippen molar-refractivity contribution in [2.45, 2.75) is 0 Å². The van der Waals surface area contributed by atoms with E-state index in [2.05, 4.69) is 260 Å². The lowest BCUT2D eigenvalue weighted by Gasteiger charge is -2.26. The number of hydrogen-bond acceptors (Lipinski definition) is 2. The molecule has 0 atom stereocenters. The van der Waals surface area contributed by atoms with Gasteiger partial charge in [0.2, 0.25) is 0 Å². The van der Waals surface area contributed by atoms with Crippen LogP contribution in [0.25, 0.3) is 99.5 Å². The van der Waals surface area contributed by atoms with Gasteiger partial charge >= 0.3 is 0 Å². The summed E-state index contributed by atoms with van der Waals surface area (Å²) in [4.78, 5) is 2.35. The van der Waals surface area contributed by atoms with Gasteiger partial charge in [-0.15, -0.1) is 0 Å². The third-order valence-corrected chi connectivity index (χ3v) is 12.9. The number of para-hydroxylation sites is 2. The highest BCUT2D eigenvalue weighted by Crippen LogP contribution is 2.42. The van der Waals surface area contributed by atoms with Gasteiger partial charge in [-0.25, -0.2) is 0 Å². The van der Waals surface area contributed by atoms with Crippen molar-refractivity contribution < 1.29 is 4.42 Å². The van der Waals surface area contributed by atoms with E-state index in [1.54, 1.807) is 0 Å². The Bertz CT molecular complexity index is 3630. The molecule has 0 radical (unpaired) electrons. The molecule has 0 N–H and O–H groups in total. The summed E-state index contributed by atoms with van der Waals surface area (Å²) in [7, 11) is 0. The zero-order valence-corrected chi connectivity index (χ0v) is 36.2. The molecule has 0 unspecified atom stereocenters. The first-order valence-electron chi connectivity index (χ1n) is 22.6. The molecule has 1 aromatic heterocycles. The fourth-order valence-electron chi connectivity index (χ4n) is 9.56. The number of fused-ring (bicyclic) bond motifs is 4. The second kappa shape index (κ2) is 16.8. The first-order valence-corrected chi connectivity index (χ1v) is 22.6. The van der Waals surface area contributed by atoms with Crippen molar-refractivity contribution in [3.63, 3.8) is 0 Å². The Morgan fingerprint density at radius 3 is 1.09 bits per heavy atom. The summed E-state index contributed by atoms with van der Waals surface area (Å²) in [6.07, 6.45) is 0. The minimum Gasteiger partial charge on any atom is -0.455 e. The molecule has 0 aliphatic rings. The van der Waals surface area contributed by atoms with Crippen LogP contribution >= 0.6 is 0 Å². The molecule has 2 nitrogen and oxygen atoms in total. The van der Waals surface area contributed by atoms with Crippen LogP contribution in [0.15, 0.2) is 265 Å². The van der Waals surface area contributed by atoms with E-state index in [1.807, 2.05) is 6.07 Å². The van der Waals surface area contributed by atoms with Crippen LogP contribution in [-0.4, -0.2) is 0 Å². The molecule has 0 amide bonds. The van der Waals surface area contributed by atoms with Crippen molar-refractivity contribution in [1.82, 2.24) is 0 Å². The lowest BCUT2D eigenvalue weighted by Crippen LogP contribution is -2.09. The maximum atomic E-state index is 6.74. The van der Waals surface area contributed by atoms with E-state index in [4.69, 9.17) is 4.42 Å². The molecule has 0 saturated carbocycles. The van der Waals surface area contributed by atoms with Gasteiger partial charge in [-0.2, -0.15) is 0 Å². The van der Waals surface area contributed by atoms with Crippen LogP contribution in [0.4, 0.5) is 17.1 Å². The first kappa shape index (κ1) is 38.9. The fraction of sp³-hybridized carbons (Fsp3) is 0. The number of hydrogen-bond donors (Lipinski definition) is 0. The van der Waals surface area contributed by atoms with Crippen molar-refractivity contribution >= 4 is 49.8 Å². The van der Waals surface area contributed by atoms with Gasteiger partial charge in [0.1, 0.15) is 11.2 Å². The van der Waals surface area contributed by atoms with Crippen LogP contribution in [0.1, 0.15) is 0 Å². The van der Waals surface area contributed by atoms with Crippen LogP contribution in [0, 0.1) is 0 Å². The van der Waals surface area contributed by atoms with Crippen LogP contribution in [0.2, 0.25) is 0 Å². The normalized spacial score (nSPS) is 11.3. The predicted octanol–water partition coefficient (Wildman–Crippen LogP) is 18.2. The Hall–Kier alpha value is -8.72. The molecule has 0 spiro atoms. The molecule has 0 aliphatic heterocycles. The molecule has 11 aromatic carbocycles. The van der Waals surface area contributed by atoms with E-state index in [9.17, 15) is 0 Å². The van der Waals surface area contributed by atoms with Crippen molar-refractivity contribution in [1.29, 1.82) is 0 Å². The van der Waals surface area contributed by atoms with E-state index >= 15 is 0 Å². The van der Waals surface area contributed by atoms with Gasteiger partial charge in [0.15, 0.2) is 0 Å². The standard InChI is InChI=1S/C64H43NO/c1-4-14-44(15-5-1)47-30-36-54(37-31-47)65(56-40-34-51(35-41-56)62-43-53(45-16-6-2-7-17-45)42-52-20-10-11-21-57(52)62)55-38-32-48(33-39-55)46-26-28-50(29-27-46)59-23-13-25-61-60-24-12-22-58(63(60)66-64(59)61)49-18-8-3-9-19-49/h1-43H. The minimum absolute atomic E-state index is 0.909. The third kappa shape index (κ3) is 7.21. The van der Waals surface area contributed by atoms with Gasteiger partial charge in [-0.05, 0) is 115 Å². The first-order chi connectivity index (χ1) is 32.7. The van der Waals surface area contributed by atoms with Gasteiger partial charge < -0.3 is 9.32 Å². The minimum atomic E-state index is 0.909. The Morgan fingerprint density at radius 2 is 0.576 bits per heavy atom. The molecule has 12 aromatic rings. The molecule has 66 heavy (non-hydrogen) atoms. The highest BCUT2D eigenvalue weighted by Gasteiger charge is 2.18. The van der Waals surface area contributed by atoms with Crippen molar-refractivity contribution in [3.05, 3.63) is 261 Å². The summed E-state index contributed by atoms with van der Waals surface area (Å²) in [5, 5.41) is 4.73. The van der Waals surface area contributed by atoms with Gasteiger partial charge in [0, 0.05) is 39.0 Å². The Labute approximate surface area is 384 Å². The quantitative estimate of drug-likeness (QED) is 0.144. The Kier molecular flexibility index (Phi) is 9.89. The predicted molar refractivity (Wildman–Crippen MR) is 279 cm³/mol. The fourth-order valence-corrected chi connectivity index (χ4v) is 9.56. The number of benzene rings is 11. The molecule has 2 heteroatoms. The van der Waals surface area contributed by atoms with Crippen molar-refractivity contribution in [2.75, 3.05) is 4.90 Å². The Balaban J connectivity index is 0.881. The summed E-state index contributed by atoms with van der Waals surface area (Å²) in [5.74, 6) is 0. The maximum Gasteiger partial charge on any atom is 0.143 e. The Morgan fingerprint density at radius 1 is 0.227 bits per heavy atom. The topological polar surface area (TPSA) is 16.4 Å².